The molecule has 0 saturated heterocycles. The zero-order valence-corrected chi connectivity index (χ0v) is 11.1. The lowest BCUT2D eigenvalue weighted by atomic mass is 10.00. The van der Waals surface area contributed by atoms with Gasteiger partial charge in [0.1, 0.15) is 5.76 Å². The topological polar surface area (TPSA) is 52.0 Å². The minimum atomic E-state index is -0.164. The summed E-state index contributed by atoms with van der Waals surface area (Å²) in [6.07, 6.45) is 1.72. The summed E-state index contributed by atoms with van der Waals surface area (Å²) in [4.78, 5) is 4.49. The van der Waals surface area contributed by atoms with Crippen LogP contribution in [-0.2, 0) is 0 Å². The fourth-order valence-electron chi connectivity index (χ4n) is 2.26. The van der Waals surface area contributed by atoms with E-state index in [2.05, 4.69) is 17.1 Å². The third kappa shape index (κ3) is 2.25. The first-order valence-electron chi connectivity index (χ1n) is 6.31. The maximum atomic E-state index is 6.27. The van der Waals surface area contributed by atoms with Gasteiger partial charge in [-0.05, 0) is 43.7 Å². The van der Waals surface area contributed by atoms with E-state index in [0.717, 1.165) is 33.5 Å². The van der Waals surface area contributed by atoms with Crippen LogP contribution in [-0.4, -0.2) is 4.98 Å². The fourth-order valence-corrected chi connectivity index (χ4v) is 2.26. The van der Waals surface area contributed by atoms with Crippen molar-refractivity contribution in [3.63, 3.8) is 0 Å². The van der Waals surface area contributed by atoms with Gasteiger partial charge in [-0.25, -0.2) is 0 Å². The van der Waals surface area contributed by atoms with Crippen LogP contribution in [0.4, 0.5) is 0 Å². The first-order valence-corrected chi connectivity index (χ1v) is 6.31. The second-order valence-corrected chi connectivity index (χ2v) is 4.87. The second-order valence-electron chi connectivity index (χ2n) is 4.87. The fraction of sp³-hybridized carbons (Fsp3) is 0.188. The van der Waals surface area contributed by atoms with E-state index in [1.165, 1.54) is 0 Å². The highest BCUT2D eigenvalue weighted by atomic mass is 16.3. The van der Waals surface area contributed by atoms with Crippen LogP contribution in [0.25, 0.3) is 10.9 Å². The predicted molar refractivity (Wildman–Crippen MR) is 76.0 cm³/mol. The third-order valence-corrected chi connectivity index (χ3v) is 3.32. The first kappa shape index (κ1) is 11.9. The van der Waals surface area contributed by atoms with E-state index in [9.17, 15) is 0 Å². The van der Waals surface area contributed by atoms with Crippen molar-refractivity contribution >= 4 is 10.9 Å². The van der Waals surface area contributed by atoms with E-state index in [4.69, 9.17) is 10.2 Å². The Bertz CT molecular complexity index is 730. The van der Waals surface area contributed by atoms with Gasteiger partial charge in [0.2, 0.25) is 0 Å². The summed E-state index contributed by atoms with van der Waals surface area (Å²) in [5.41, 5.74) is 10.4. The Labute approximate surface area is 112 Å². The van der Waals surface area contributed by atoms with Crippen LogP contribution >= 0.6 is 0 Å². The minimum Gasteiger partial charge on any atom is -0.469 e. The smallest absolute Gasteiger partial charge is 0.101 e. The molecular formula is C16H16N2O. The Balaban J connectivity index is 2.03. The Kier molecular flexibility index (Phi) is 2.84. The summed E-state index contributed by atoms with van der Waals surface area (Å²) in [6, 6.07) is 12.0. The average molecular weight is 252 g/mol. The van der Waals surface area contributed by atoms with Crippen LogP contribution in [0.5, 0.6) is 0 Å². The van der Waals surface area contributed by atoms with E-state index in [-0.39, 0.29) is 6.04 Å². The number of hydrogen-bond donors (Lipinski definition) is 1. The number of fused-ring (bicyclic) bond motifs is 1. The molecule has 3 heteroatoms. The number of nitrogens with zero attached hydrogens (tertiary/aromatic N) is 1. The highest BCUT2D eigenvalue weighted by Gasteiger charge is 2.12. The van der Waals surface area contributed by atoms with E-state index in [0.29, 0.717) is 0 Å². The van der Waals surface area contributed by atoms with Crippen LogP contribution in [0.2, 0.25) is 0 Å². The van der Waals surface area contributed by atoms with Crippen LogP contribution in [0.15, 0.2) is 47.1 Å². The molecule has 0 bridgehead atoms. The number of hydrogen-bond acceptors (Lipinski definition) is 3. The normalized spacial score (nSPS) is 12.8. The van der Waals surface area contributed by atoms with Crippen LogP contribution < -0.4 is 5.73 Å². The van der Waals surface area contributed by atoms with Gasteiger partial charge in [-0.3, -0.25) is 4.98 Å². The molecule has 0 aliphatic rings. The maximum absolute atomic E-state index is 6.27. The summed E-state index contributed by atoms with van der Waals surface area (Å²) < 4.78 is 5.32. The quantitative estimate of drug-likeness (QED) is 0.759. The number of aryl methyl sites for hydroxylation is 2. The number of benzene rings is 1. The van der Waals surface area contributed by atoms with E-state index in [1.807, 2.05) is 38.1 Å². The zero-order chi connectivity index (χ0) is 13.4. The van der Waals surface area contributed by atoms with Crippen molar-refractivity contribution in [2.24, 2.45) is 5.73 Å². The molecule has 0 fully saturated rings. The van der Waals surface area contributed by atoms with Gasteiger partial charge in [-0.15, -0.1) is 0 Å². The van der Waals surface area contributed by atoms with Crippen molar-refractivity contribution < 1.29 is 4.42 Å². The third-order valence-electron chi connectivity index (χ3n) is 3.32. The van der Waals surface area contributed by atoms with Gasteiger partial charge in [0, 0.05) is 16.6 Å². The van der Waals surface area contributed by atoms with E-state index in [1.54, 1.807) is 6.26 Å². The monoisotopic (exact) mass is 252 g/mol. The number of pyridine rings is 1. The van der Waals surface area contributed by atoms with Gasteiger partial charge >= 0.3 is 0 Å². The lowest BCUT2D eigenvalue weighted by Crippen LogP contribution is -2.10. The molecule has 0 saturated carbocycles. The maximum Gasteiger partial charge on any atom is 0.101 e. The Hall–Kier alpha value is -2.13. The summed E-state index contributed by atoms with van der Waals surface area (Å²) in [5.74, 6) is 0.878. The molecule has 0 radical (unpaired) electrons. The molecule has 3 rings (SSSR count). The SMILES string of the molecule is Cc1ccc2cc(C(N)c3coc(C)c3)ccc2n1. The second kappa shape index (κ2) is 4.52. The Morgan fingerprint density at radius 3 is 2.63 bits per heavy atom. The molecule has 2 heterocycles. The lowest BCUT2D eigenvalue weighted by Gasteiger charge is -2.10. The van der Waals surface area contributed by atoms with Gasteiger partial charge in [0.15, 0.2) is 0 Å². The molecule has 19 heavy (non-hydrogen) atoms. The van der Waals surface area contributed by atoms with Gasteiger partial charge < -0.3 is 10.2 Å². The van der Waals surface area contributed by atoms with Crippen molar-refractivity contribution in [1.29, 1.82) is 0 Å². The van der Waals surface area contributed by atoms with E-state index < -0.39 is 0 Å². The Morgan fingerprint density at radius 2 is 1.89 bits per heavy atom. The zero-order valence-electron chi connectivity index (χ0n) is 11.1. The highest BCUT2D eigenvalue weighted by Crippen LogP contribution is 2.24. The van der Waals surface area contributed by atoms with Gasteiger partial charge in [-0.1, -0.05) is 12.1 Å². The number of furan rings is 1. The molecule has 0 aliphatic heterocycles. The predicted octanol–water partition coefficient (Wildman–Crippen LogP) is 3.49. The molecule has 1 aromatic carbocycles. The molecule has 0 amide bonds. The summed E-state index contributed by atoms with van der Waals surface area (Å²) in [6.45, 7) is 3.91. The molecular weight excluding hydrogens is 236 g/mol. The van der Waals surface area contributed by atoms with E-state index >= 15 is 0 Å². The first-order chi connectivity index (χ1) is 9.13. The van der Waals surface area contributed by atoms with Crippen LogP contribution in [0.1, 0.15) is 28.6 Å². The summed E-state index contributed by atoms with van der Waals surface area (Å²) in [5, 5.41) is 1.11. The molecule has 2 aromatic heterocycles. The number of rotatable bonds is 2. The van der Waals surface area contributed by atoms with Crippen molar-refractivity contribution in [2.75, 3.05) is 0 Å². The lowest BCUT2D eigenvalue weighted by molar-refractivity contribution is 0.530. The average Bonchev–Trinajstić information content (AvgIpc) is 2.84. The Morgan fingerprint density at radius 1 is 1.05 bits per heavy atom. The molecule has 3 aromatic rings. The molecule has 0 spiro atoms. The van der Waals surface area contributed by atoms with Crippen molar-refractivity contribution in [3.05, 3.63) is 65.2 Å². The van der Waals surface area contributed by atoms with Crippen molar-refractivity contribution in [2.45, 2.75) is 19.9 Å². The number of aromatic nitrogens is 1. The summed E-state index contributed by atoms with van der Waals surface area (Å²) in [7, 11) is 0. The minimum absolute atomic E-state index is 0.164. The van der Waals surface area contributed by atoms with Crippen molar-refractivity contribution in [3.8, 4) is 0 Å². The molecule has 0 aliphatic carbocycles. The van der Waals surface area contributed by atoms with Gasteiger partial charge in [-0.2, -0.15) is 0 Å². The molecule has 3 nitrogen and oxygen atoms in total. The largest absolute Gasteiger partial charge is 0.469 e. The van der Waals surface area contributed by atoms with Crippen LogP contribution in [0.3, 0.4) is 0 Å². The molecule has 1 atom stereocenters. The standard InChI is InChI=1S/C16H16N2O/c1-10-3-4-12-8-13(5-6-15(12)18-10)16(17)14-7-11(2)19-9-14/h3-9,16H,17H2,1-2H3. The van der Waals surface area contributed by atoms with Gasteiger partial charge in [0.05, 0.1) is 17.8 Å². The summed E-state index contributed by atoms with van der Waals surface area (Å²) >= 11 is 0. The highest BCUT2D eigenvalue weighted by molar-refractivity contribution is 5.79. The number of nitrogens with two attached hydrogens (primary N) is 1. The van der Waals surface area contributed by atoms with Crippen molar-refractivity contribution in [1.82, 2.24) is 4.98 Å². The van der Waals surface area contributed by atoms with Gasteiger partial charge in [0.25, 0.3) is 0 Å². The van der Waals surface area contributed by atoms with Crippen LogP contribution in [0, 0.1) is 13.8 Å². The molecule has 2 N–H and O–H groups in total. The molecule has 96 valence electrons. The molecule has 1 unspecified atom stereocenters.